The van der Waals surface area contributed by atoms with Crippen LogP contribution in [0.2, 0.25) is 0 Å². The zero-order valence-corrected chi connectivity index (χ0v) is 22.1. The third kappa shape index (κ3) is 5.16. The van der Waals surface area contributed by atoms with Crippen LogP contribution in [0.15, 0.2) is 108 Å². The molecule has 0 spiro atoms. The number of rotatable bonds is 10. The Hall–Kier alpha value is -4.78. The van der Waals surface area contributed by atoms with Gasteiger partial charge in [0.05, 0.1) is 18.4 Å². The van der Waals surface area contributed by atoms with Gasteiger partial charge in [-0.2, -0.15) is 10.1 Å². The van der Waals surface area contributed by atoms with Crippen LogP contribution in [-0.2, 0) is 13.1 Å². The van der Waals surface area contributed by atoms with Gasteiger partial charge in [-0.3, -0.25) is 0 Å². The molecule has 0 aliphatic heterocycles. The topological polar surface area (TPSA) is 64.1 Å². The number of fused-ring (bicyclic) bond motifs is 3. The van der Waals surface area contributed by atoms with Gasteiger partial charge in [0, 0.05) is 28.4 Å². The van der Waals surface area contributed by atoms with Crippen LogP contribution in [0, 0.1) is 0 Å². The number of unbranched alkanes of at least 4 members (excludes halogenated alkanes) is 2. The first-order valence-corrected chi connectivity index (χ1v) is 13.5. The van der Waals surface area contributed by atoms with Gasteiger partial charge in [-0.05, 0) is 58.3 Å². The van der Waals surface area contributed by atoms with Crippen molar-refractivity contribution in [1.29, 1.82) is 0 Å². The summed E-state index contributed by atoms with van der Waals surface area (Å²) in [6.45, 7) is 3.82. The van der Waals surface area contributed by atoms with Gasteiger partial charge in [-0.25, -0.2) is 4.68 Å². The number of hydrogen-bond acceptors (Lipinski definition) is 5. The number of aryl methyl sites for hydroxylation is 1. The first kappa shape index (κ1) is 24.6. The van der Waals surface area contributed by atoms with Crippen LogP contribution in [0.3, 0.4) is 0 Å². The summed E-state index contributed by atoms with van der Waals surface area (Å²) in [5.41, 5.74) is 5.55. The van der Waals surface area contributed by atoms with Crippen molar-refractivity contribution < 1.29 is 0 Å². The van der Waals surface area contributed by atoms with E-state index in [1.165, 1.54) is 41.1 Å². The Kier molecular flexibility index (Phi) is 7.12. The number of tetrazole rings is 1. The number of hydrogen-bond donors (Lipinski definition) is 0. The molecule has 0 unspecified atom stereocenters. The van der Waals surface area contributed by atoms with Crippen LogP contribution in [0.25, 0.3) is 21.8 Å². The van der Waals surface area contributed by atoms with E-state index < -0.39 is 0 Å². The second-order valence-electron chi connectivity index (χ2n) is 9.67. The van der Waals surface area contributed by atoms with Gasteiger partial charge >= 0.3 is 0 Å². The predicted octanol–water partition coefficient (Wildman–Crippen LogP) is 7.19. The minimum absolute atomic E-state index is 0.547. The van der Waals surface area contributed by atoms with Crippen LogP contribution in [0.1, 0.15) is 37.3 Å². The molecule has 0 amide bonds. The quantitative estimate of drug-likeness (QED) is 0.110. The van der Waals surface area contributed by atoms with Crippen molar-refractivity contribution in [3.05, 3.63) is 114 Å². The fourth-order valence-electron chi connectivity index (χ4n) is 5.05. The van der Waals surface area contributed by atoms with Crippen molar-refractivity contribution in [3.63, 3.8) is 0 Å². The van der Waals surface area contributed by atoms with Gasteiger partial charge in [0.2, 0.25) is 0 Å². The normalized spacial score (nSPS) is 11.6. The van der Waals surface area contributed by atoms with Crippen molar-refractivity contribution in [2.75, 3.05) is 5.01 Å². The molecule has 7 heteroatoms. The van der Waals surface area contributed by atoms with E-state index in [-0.39, 0.29) is 0 Å². The van der Waals surface area contributed by atoms with E-state index in [0.29, 0.717) is 12.5 Å². The largest absolute Gasteiger partial charge is 0.340 e. The van der Waals surface area contributed by atoms with Crippen LogP contribution in [-0.4, -0.2) is 31.0 Å². The maximum absolute atomic E-state index is 4.90. The first-order chi connectivity index (χ1) is 19.3. The minimum Gasteiger partial charge on any atom is -0.340 e. The summed E-state index contributed by atoms with van der Waals surface area (Å²) in [4.78, 5) is 0. The molecule has 6 aromatic rings. The van der Waals surface area contributed by atoms with Gasteiger partial charge in [-0.1, -0.05) is 97.7 Å². The molecule has 0 aliphatic carbocycles. The van der Waals surface area contributed by atoms with Gasteiger partial charge in [0.25, 0.3) is 5.95 Å². The first-order valence-electron chi connectivity index (χ1n) is 13.5. The fraction of sp³-hybridized carbons (Fsp3) is 0.188. The SMILES string of the molecule is CCCCCn1c2ccccc2c2cc(/C=N\N(c3ccccc3)c3nnnn3Cc3ccccc3)ccc21. The molecule has 0 bridgehead atoms. The summed E-state index contributed by atoms with van der Waals surface area (Å²) in [7, 11) is 0. The number of nitrogens with zero attached hydrogens (tertiary/aromatic N) is 7. The molecule has 39 heavy (non-hydrogen) atoms. The van der Waals surface area contributed by atoms with Gasteiger partial charge in [0.1, 0.15) is 0 Å². The van der Waals surface area contributed by atoms with Gasteiger partial charge in [0.15, 0.2) is 0 Å². The van der Waals surface area contributed by atoms with Crippen molar-refractivity contribution in [2.45, 2.75) is 39.3 Å². The Balaban J connectivity index is 1.37. The Morgan fingerprint density at radius 2 is 1.54 bits per heavy atom. The van der Waals surface area contributed by atoms with Gasteiger partial charge in [-0.15, -0.1) is 0 Å². The second kappa shape index (κ2) is 11.3. The molecule has 6 rings (SSSR count). The number of anilines is 2. The Morgan fingerprint density at radius 1 is 0.795 bits per heavy atom. The van der Waals surface area contributed by atoms with Crippen LogP contribution in [0.4, 0.5) is 11.6 Å². The van der Waals surface area contributed by atoms with Crippen LogP contribution in [0.5, 0.6) is 0 Å². The summed E-state index contributed by atoms with van der Waals surface area (Å²) >= 11 is 0. The highest BCUT2D eigenvalue weighted by Gasteiger charge is 2.17. The van der Waals surface area contributed by atoms with E-state index in [2.05, 4.69) is 81.6 Å². The molecule has 0 N–H and O–H groups in total. The van der Waals surface area contributed by atoms with Crippen molar-refractivity contribution >= 4 is 39.7 Å². The molecule has 0 saturated heterocycles. The Labute approximate surface area is 228 Å². The highest BCUT2D eigenvalue weighted by Crippen LogP contribution is 2.30. The number of benzene rings is 4. The average molecular weight is 514 g/mol. The molecule has 0 atom stereocenters. The van der Waals surface area contributed by atoms with E-state index in [1.807, 2.05) is 54.7 Å². The second-order valence-corrected chi connectivity index (χ2v) is 9.67. The van der Waals surface area contributed by atoms with Crippen molar-refractivity contribution in [2.24, 2.45) is 5.10 Å². The molecular formula is C32H31N7. The summed E-state index contributed by atoms with van der Waals surface area (Å²) in [5.74, 6) is 0.551. The van der Waals surface area contributed by atoms with Crippen molar-refractivity contribution in [1.82, 2.24) is 24.8 Å². The van der Waals surface area contributed by atoms with E-state index in [0.717, 1.165) is 23.4 Å². The van der Waals surface area contributed by atoms with Gasteiger partial charge < -0.3 is 4.57 Å². The molecule has 0 radical (unpaired) electrons. The predicted molar refractivity (Wildman–Crippen MR) is 159 cm³/mol. The molecular weight excluding hydrogens is 482 g/mol. The number of hydrazone groups is 1. The van der Waals surface area contributed by atoms with E-state index in [4.69, 9.17) is 5.10 Å². The van der Waals surface area contributed by atoms with Crippen LogP contribution >= 0.6 is 0 Å². The zero-order chi connectivity index (χ0) is 26.4. The highest BCUT2D eigenvalue weighted by molar-refractivity contribution is 6.09. The Bertz CT molecular complexity index is 1700. The smallest absolute Gasteiger partial charge is 0.271 e. The number of para-hydroxylation sites is 2. The molecule has 0 aliphatic rings. The molecule has 2 heterocycles. The Morgan fingerprint density at radius 3 is 2.36 bits per heavy atom. The highest BCUT2D eigenvalue weighted by atomic mass is 15.6. The molecule has 7 nitrogen and oxygen atoms in total. The monoisotopic (exact) mass is 513 g/mol. The molecule has 194 valence electrons. The summed E-state index contributed by atoms with van der Waals surface area (Å²) in [6, 6.07) is 35.4. The zero-order valence-electron chi connectivity index (χ0n) is 22.1. The van der Waals surface area contributed by atoms with E-state index >= 15 is 0 Å². The summed E-state index contributed by atoms with van der Waals surface area (Å²) in [5, 5.41) is 21.8. The standard InChI is InChI=1S/C32H31N7/c1-2-3-12-21-37-30-18-11-10-17-28(30)29-22-26(19-20-31(29)37)23-33-39(27-15-8-5-9-16-27)32-34-35-36-38(32)24-25-13-6-4-7-14-25/h4-11,13-20,22-23H,2-3,12,21,24H2,1H3/b33-23-. The molecule has 0 fully saturated rings. The lowest BCUT2D eigenvalue weighted by molar-refractivity contribution is 0.627. The fourth-order valence-corrected chi connectivity index (χ4v) is 5.05. The minimum atomic E-state index is 0.547. The molecule has 2 aromatic heterocycles. The van der Waals surface area contributed by atoms with Crippen molar-refractivity contribution in [3.8, 4) is 0 Å². The summed E-state index contributed by atoms with van der Waals surface area (Å²) < 4.78 is 4.22. The lowest BCUT2D eigenvalue weighted by atomic mass is 10.1. The third-order valence-corrected chi connectivity index (χ3v) is 6.98. The number of aromatic nitrogens is 5. The lowest BCUT2D eigenvalue weighted by Gasteiger charge is -2.17. The molecule has 4 aromatic carbocycles. The maximum atomic E-state index is 4.90. The van der Waals surface area contributed by atoms with E-state index in [1.54, 1.807) is 9.69 Å². The maximum Gasteiger partial charge on any atom is 0.271 e. The van der Waals surface area contributed by atoms with Crippen LogP contribution < -0.4 is 5.01 Å². The third-order valence-electron chi connectivity index (χ3n) is 6.98. The molecule has 0 saturated carbocycles. The van der Waals surface area contributed by atoms with E-state index in [9.17, 15) is 0 Å². The summed E-state index contributed by atoms with van der Waals surface area (Å²) in [6.07, 6.45) is 5.51. The lowest BCUT2D eigenvalue weighted by Crippen LogP contribution is -2.16. The average Bonchev–Trinajstić information content (AvgIpc) is 3.57.